The highest BCUT2D eigenvalue weighted by molar-refractivity contribution is 6.29. The van der Waals surface area contributed by atoms with Crippen LogP contribution < -0.4 is 0 Å². The quantitative estimate of drug-likeness (QED) is 0.769. The molecule has 1 aromatic heterocycles. The molecule has 5 heteroatoms. The van der Waals surface area contributed by atoms with Crippen LogP contribution in [0.4, 0.5) is 0 Å². The summed E-state index contributed by atoms with van der Waals surface area (Å²) in [5.74, 6) is -0.00369. The number of likely N-dealkylation sites (N-methyl/N-ethyl adjacent to an activating group) is 2. The number of amides is 1. The fourth-order valence-electron chi connectivity index (χ4n) is 1.95. The minimum absolute atomic E-state index is 0.00369. The van der Waals surface area contributed by atoms with Gasteiger partial charge in [-0.15, -0.1) is 0 Å². The van der Waals surface area contributed by atoms with Gasteiger partial charge in [-0.05, 0) is 40.1 Å². The molecule has 1 atom stereocenters. The van der Waals surface area contributed by atoms with Gasteiger partial charge < -0.3 is 9.80 Å². The smallest absolute Gasteiger partial charge is 0.255 e. The number of carbonyl (C=O) groups is 1. The Labute approximate surface area is 114 Å². The van der Waals surface area contributed by atoms with Gasteiger partial charge >= 0.3 is 0 Å². The number of halogens is 1. The minimum Gasteiger partial charge on any atom is -0.335 e. The molecule has 0 saturated carbocycles. The van der Waals surface area contributed by atoms with Crippen LogP contribution in [0.15, 0.2) is 18.3 Å². The van der Waals surface area contributed by atoms with Crippen LogP contribution in [0.5, 0.6) is 0 Å². The highest BCUT2D eigenvalue weighted by Crippen LogP contribution is 2.11. The molecule has 100 valence electrons. The van der Waals surface area contributed by atoms with Crippen molar-refractivity contribution in [1.82, 2.24) is 14.8 Å². The lowest BCUT2D eigenvalue weighted by molar-refractivity contribution is 0.0678. The average molecular weight is 270 g/mol. The second kappa shape index (κ2) is 6.71. The molecule has 0 bridgehead atoms. The Hall–Kier alpha value is -1.13. The zero-order valence-electron chi connectivity index (χ0n) is 11.4. The van der Waals surface area contributed by atoms with Gasteiger partial charge in [-0.3, -0.25) is 4.79 Å². The van der Waals surface area contributed by atoms with Crippen molar-refractivity contribution in [3.8, 4) is 0 Å². The van der Waals surface area contributed by atoms with Crippen LogP contribution in [-0.2, 0) is 0 Å². The van der Waals surface area contributed by atoms with Gasteiger partial charge in [-0.1, -0.05) is 11.6 Å². The Morgan fingerprint density at radius 2 is 2.11 bits per heavy atom. The zero-order chi connectivity index (χ0) is 13.7. The number of hydrogen-bond donors (Lipinski definition) is 0. The van der Waals surface area contributed by atoms with Crippen molar-refractivity contribution >= 4 is 17.5 Å². The van der Waals surface area contributed by atoms with Crippen LogP contribution in [0.1, 0.15) is 24.2 Å². The van der Waals surface area contributed by atoms with E-state index in [9.17, 15) is 4.79 Å². The van der Waals surface area contributed by atoms with Crippen LogP contribution in [0.3, 0.4) is 0 Å². The van der Waals surface area contributed by atoms with E-state index in [2.05, 4.69) is 9.88 Å². The van der Waals surface area contributed by atoms with Crippen molar-refractivity contribution in [2.75, 3.05) is 27.2 Å². The number of nitrogens with zero attached hydrogens (tertiary/aromatic N) is 3. The molecule has 0 fully saturated rings. The molecule has 0 saturated heterocycles. The Bertz CT molecular complexity index is 392. The van der Waals surface area contributed by atoms with E-state index in [4.69, 9.17) is 11.6 Å². The van der Waals surface area contributed by atoms with E-state index in [-0.39, 0.29) is 11.9 Å². The summed E-state index contributed by atoms with van der Waals surface area (Å²) in [5.41, 5.74) is 0.576. The summed E-state index contributed by atoms with van der Waals surface area (Å²) in [6.07, 6.45) is 1.52. The lowest BCUT2D eigenvalue weighted by Gasteiger charge is -2.30. The first-order valence-electron chi connectivity index (χ1n) is 6.03. The van der Waals surface area contributed by atoms with Gasteiger partial charge in [-0.25, -0.2) is 4.98 Å². The molecular weight excluding hydrogens is 250 g/mol. The van der Waals surface area contributed by atoms with Crippen LogP contribution in [0.2, 0.25) is 5.15 Å². The SMILES string of the molecule is CCN(C(=O)c1ccc(Cl)nc1)C(C)CN(C)C. The lowest BCUT2D eigenvalue weighted by Crippen LogP contribution is -2.43. The van der Waals surface area contributed by atoms with Crippen molar-refractivity contribution in [2.24, 2.45) is 0 Å². The highest BCUT2D eigenvalue weighted by Gasteiger charge is 2.20. The summed E-state index contributed by atoms with van der Waals surface area (Å²) in [6, 6.07) is 3.51. The molecule has 0 aliphatic carbocycles. The van der Waals surface area contributed by atoms with Crippen molar-refractivity contribution in [3.63, 3.8) is 0 Å². The Morgan fingerprint density at radius 1 is 1.44 bits per heavy atom. The van der Waals surface area contributed by atoms with Gasteiger partial charge in [0.2, 0.25) is 0 Å². The van der Waals surface area contributed by atoms with E-state index in [0.717, 1.165) is 6.54 Å². The van der Waals surface area contributed by atoms with Gasteiger partial charge in [-0.2, -0.15) is 0 Å². The monoisotopic (exact) mass is 269 g/mol. The Balaban J connectivity index is 2.81. The normalized spacial score (nSPS) is 12.6. The molecule has 0 aromatic carbocycles. The summed E-state index contributed by atoms with van der Waals surface area (Å²) in [6.45, 7) is 5.54. The fourth-order valence-corrected chi connectivity index (χ4v) is 2.06. The van der Waals surface area contributed by atoms with Gasteiger partial charge in [0.05, 0.1) is 5.56 Å². The largest absolute Gasteiger partial charge is 0.335 e. The highest BCUT2D eigenvalue weighted by atomic mass is 35.5. The maximum atomic E-state index is 12.3. The summed E-state index contributed by atoms with van der Waals surface area (Å²) >= 11 is 5.72. The van der Waals surface area contributed by atoms with Gasteiger partial charge in [0.15, 0.2) is 0 Å². The van der Waals surface area contributed by atoms with E-state index in [1.165, 1.54) is 6.20 Å². The van der Waals surface area contributed by atoms with Gasteiger partial charge in [0.25, 0.3) is 5.91 Å². The van der Waals surface area contributed by atoms with Gasteiger partial charge in [0.1, 0.15) is 5.15 Å². The molecule has 1 heterocycles. The number of pyridine rings is 1. The van der Waals surface area contributed by atoms with E-state index in [1.54, 1.807) is 12.1 Å². The molecule has 0 aliphatic rings. The molecule has 1 rings (SSSR count). The molecule has 1 unspecified atom stereocenters. The Morgan fingerprint density at radius 3 is 2.56 bits per heavy atom. The predicted octanol–water partition coefficient (Wildman–Crippen LogP) is 2.15. The molecule has 4 nitrogen and oxygen atoms in total. The molecule has 1 aromatic rings. The third-order valence-electron chi connectivity index (χ3n) is 2.74. The predicted molar refractivity (Wildman–Crippen MR) is 74.0 cm³/mol. The van der Waals surface area contributed by atoms with Crippen LogP contribution >= 0.6 is 11.6 Å². The summed E-state index contributed by atoms with van der Waals surface area (Å²) in [5, 5.41) is 0.399. The molecule has 0 aliphatic heterocycles. The lowest BCUT2D eigenvalue weighted by atomic mass is 10.2. The molecular formula is C13H20ClN3O. The molecule has 0 spiro atoms. The number of rotatable bonds is 5. The number of carbonyl (C=O) groups excluding carboxylic acids is 1. The van der Waals surface area contributed by atoms with E-state index in [0.29, 0.717) is 17.3 Å². The first kappa shape index (κ1) is 14.9. The van der Waals surface area contributed by atoms with E-state index in [1.807, 2.05) is 32.8 Å². The van der Waals surface area contributed by atoms with E-state index >= 15 is 0 Å². The molecule has 0 N–H and O–H groups in total. The molecule has 1 amide bonds. The third kappa shape index (κ3) is 3.96. The summed E-state index contributed by atoms with van der Waals surface area (Å²) in [7, 11) is 4.00. The minimum atomic E-state index is -0.00369. The zero-order valence-corrected chi connectivity index (χ0v) is 12.1. The molecule has 18 heavy (non-hydrogen) atoms. The summed E-state index contributed by atoms with van der Waals surface area (Å²) < 4.78 is 0. The third-order valence-corrected chi connectivity index (χ3v) is 2.96. The van der Waals surface area contributed by atoms with Gasteiger partial charge in [0, 0.05) is 25.3 Å². The summed E-state index contributed by atoms with van der Waals surface area (Å²) in [4.78, 5) is 20.2. The average Bonchev–Trinajstić information content (AvgIpc) is 2.29. The van der Waals surface area contributed by atoms with Crippen molar-refractivity contribution in [2.45, 2.75) is 19.9 Å². The molecule has 0 radical (unpaired) electrons. The van der Waals surface area contributed by atoms with Crippen LogP contribution in [-0.4, -0.2) is 53.9 Å². The second-order valence-electron chi connectivity index (χ2n) is 4.57. The first-order valence-corrected chi connectivity index (χ1v) is 6.40. The van der Waals surface area contributed by atoms with Crippen LogP contribution in [0, 0.1) is 0 Å². The number of hydrogen-bond acceptors (Lipinski definition) is 3. The van der Waals surface area contributed by atoms with Crippen LogP contribution in [0.25, 0.3) is 0 Å². The second-order valence-corrected chi connectivity index (χ2v) is 4.96. The van der Waals surface area contributed by atoms with Crippen molar-refractivity contribution in [3.05, 3.63) is 29.0 Å². The number of aromatic nitrogens is 1. The fraction of sp³-hybridized carbons (Fsp3) is 0.538. The van der Waals surface area contributed by atoms with Crippen molar-refractivity contribution in [1.29, 1.82) is 0 Å². The standard InChI is InChI=1S/C13H20ClN3O/c1-5-17(10(2)9-16(3)4)13(18)11-6-7-12(14)15-8-11/h6-8,10H,5,9H2,1-4H3. The maximum absolute atomic E-state index is 12.3. The van der Waals surface area contributed by atoms with Crippen molar-refractivity contribution < 1.29 is 4.79 Å². The Kier molecular flexibility index (Phi) is 5.56. The maximum Gasteiger partial charge on any atom is 0.255 e. The van der Waals surface area contributed by atoms with E-state index < -0.39 is 0 Å². The first-order chi connectivity index (χ1) is 8.45. The topological polar surface area (TPSA) is 36.4 Å².